The van der Waals surface area contributed by atoms with E-state index in [1.807, 2.05) is 0 Å². The molecular weight excluding hydrogens is 256 g/mol. The van der Waals surface area contributed by atoms with Crippen LogP contribution in [0.5, 0.6) is 0 Å². The summed E-state index contributed by atoms with van der Waals surface area (Å²) in [6.45, 7) is 6.16. The average molecular weight is 280 g/mol. The molecule has 112 valence electrons. The van der Waals surface area contributed by atoms with Crippen molar-refractivity contribution in [1.82, 2.24) is 0 Å². The molecule has 20 heavy (non-hydrogen) atoms. The summed E-state index contributed by atoms with van der Waals surface area (Å²) >= 11 is 0. The zero-order valence-electron chi connectivity index (χ0n) is 12.4. The van der Waals surface area contributed by atoms with Crippen LogP contribution in [-0.2, 0) is 9.59 Å². The Morgan fingerprint density at radius 2 is 1.80 bits per heavy atom. The van der Waals surface area contributed by atoms with Crippen molar-refractivity contribution in [3.63, 3.8) is 0 Å². The van der Waals surface area contributed by atoms with Gasteiger partial charge in [0, 0.05) is 0 Å². The molecule has 0 saturated heterocycles. The van der Waals surface area contributed by atoms with Crippen LogP contribution < -0.4 is 0 Å². The summed E-state index contributed by atoms with van der Waals surface area (Å²) in [5, 5.41) is 19.2. The summed E-state index contributed by atoms with van der Waals surface area (Å²) in [6, 6.07) is 0. The van der Waals surface area contributed by atoms with Crippen LogP contribution in [0.4, 0.5) is 0 Å². The van der Waals surface area contributed by atoms with Crippen molar-refractivity contribution >= 4 is 11.9 Å². The maximum Gasteiger partial charge on any atom is 0.307 e. The Balaban J connectivity index is 2.58. The van der Waals surface area contributed by atoms with Crippen LogP contribution in [0.2, 0.25) is 0 Å². The molecule has 4 nitrogen and oxygen atoms in total. The third-order valence-electron chi connectivity index (χ3n) is 5.48. The summed E-state index contributed by atoms with van der Waals surface area (Å²) in [5.74, 6) is -3.31. The van der Waals surface area contributed by atoms with Gasteiger partial charge in [-0.15, -0.1) is 0 Å². The molecule has 4 atom stereocenters. The molecule has 0 aromatic carbocycles. The summed E-state index contributed by atoms with van der Waals surface area (Å²) < 4.78 is 0. The normalized spacial score (nSPS) is 37.2. The van der Waals surface area contributed by atoms with E-state index in [-0.39, 0.29) is 11.3 Å². The highest BCUT2D eigenvalue weighted by Gasteiger charge is 2.61. The second-order valence-electron chi connectivity index (χ2n) is 7.20. The Labute approximate surface area is 119 Å². The van der Waals surface area contributed by atoms with Crippen LogP contribution in [-0.4, -0.2) is 22.2 Å². The van der Waals surface area contributed by atoms with E-state index in [2.05, 4.69) is 32.9 Å². The van der Waals surface area contributed by atoms with Crippen molar-refractivity contribution in [3.05, 3.63) is 12.2 Å². The third kappa shape index (κ3) is 2.05. The Bertz CT molecular complexity index is 446. The first-order valence-corrected chi connectivity index (χ1v) is 7.34. The number of carbonyl (C=O) groups is 2. The first-order valence-electron chi connectivity index (χ1n) is 7.34. The number of hydrogen-bond donors (Lipinski definition) is 2. The molecule has 1 fully saturated rings. The van der Waals surface area contributed by atoms with Gasteiger partial charge in [0.1, 0.15) is 0 Å². The summed E-state index contributed by atoms with van der Waals surface area (Å²) in [6.07, 6.45) is 7.08. The molecule has 2 aliphatic rings. The summed E-state index contributed by atoms with van der Waals surface area (Å²) in [5.41, 5.74) is -0.700. The fraction of sp³-hybridized carbons (Fsp3) is 0.750. The van der Waals surface area contributed by atoms with Gasteiger partial charge >= 0.3 is 11.9 Å². The zero-order chi connectivity index (χ0) is 15.1. The largest absolute Gasteiger partial charge is 0.481 e. The SMILES string of the molecule is CC(C)(C)C12CCC=CC1CCC(C(=O)O)C2C(=O)O. The van der Waals surface area contributed by atoms with Gasteiger partial charge in [-0.2, -0.15) is 0 Å². The van der Waals surface area contributed by atoms with Crippen LogP contribution in [0, 0.1) is 28.6 Å². The number of allylic oxidation sites excluding steroid dienone is 2. The fourth-order valence-corrected chi connectivity index (χ4v) is 4.62. The van der Waals surface area contributed by atoms with Crippen LogP contribution in [0.15, 0.2) is 12.2 Å². The molecule has 0 spiro atoms. The molecule has 0 heterocycles. The molecule has 4 unspecified atom stereocenters. The predicted octanol–water partition coefficient (Wildman–Crippen LogP) is 3.18. The lowest BCUT2D eigenvalue weighted by Crippen LogP contribution is -2.57. The van der Waals surface area contributed by atoms with Crippen LogP contribution in [0.1, 0.15) is 46.5 Å². The van der Waals surface area contributed by atoms with Gasteiger partial charge in [0.25, 0.3) is 0 Å². The van der Waals surface area contributed by atoms with Gasteiger partial charge in [-0.3, -0.25) is 9.59 Å². The molecule has 2 aliphatic carbocycles. The number of hydrogen-bond acceptors (Lipinski definition) is 2. The van der Waals surface area contributed by atoms with Gasteiger partial charge < -0.3 is 10.2 Å². The first-order chi connectivity index (χ1) is 9.22. The van der Waals surface area contributed by atoms with E-state index in [1.165, 1.54) is 0 Å². The first kappa shape index (κ1) is 15.1. The highest BCUT2D eigenvalue weighted by molar-refractivity contribution is 5.81. The lowest BCUT2D eigenvalue weighted by Gasteiger charge is -2.58. The second-order valence-corrected chi connectivity index (χ2v) is 7.20. The molecule has 0 radical (unpaired) electrons. The lowest BCUT2D eigenvalue weighted by atomic mass is 9.45. The van der Waals surface area contributed by atoms with E-state index in [1.54, 1.807) is 0 Å². The number of carboxylic acid groups (broad SMARTS) is 2. The maximum atomic E-state index is 11.9. The number of aliphatic carboxylic acids is 2. The van der Waals surface area contributed by atoms with Crippen LogP contribution in [0.25, 0.3) is 0 Å². The van der Waals surface area contributed by atoms with Crippen molar-refractivity contribution in [1.29, 1.82) is 0 Å². The standard InChI is InChI=1S/C16H24O4/c1-15(2,3)16-9-5-4-6-10(16)7-8-11(13(17)18)12(16)14(19)20/h4,6,10-12H,5,7-9H2,1-3H3,(H,17,18)(H,19,20). The Hall–Kier alpha value is -1.32. The van der Waals surface area contributed by atoms with Gasteiger partial charge in [0.15, 0.2) is 0 Å². The van der Waals surface area contributed by atoms with E-state index in [0.29, 0.717) is 6.42 Å². The molecule has 2 rings (SSSR count). The molecule has 0 aromatic heterocycles. The fourth-order valence-electron chi connectivity index (χ4n) is 4.62. The molecule has 1 saturated carbocycles. The second kappa shape index (κ2) is 4.90. The molecule has 0 aliphatic heterocycles. The molecular formula is C16H24O4. The van der Waals surface area contributed by atoms with E-state index >= 15 is 0 Å². The monoisotopic (exact) mass is 280 g/mol. The lowest BCUT2D eigenvalue weighted by molar-refractivity contribution is -0.177. The van der Waals surface area contributed by atoms with Crippen molar-refractivity contribution in [2.75, 3.05) is 0 Å². The quantitative estimate of drug-likeness (QED) is 0.762. The van der Waals surface area contributed by atoms with Gasteiger partial charge in [0.2, 0.25) is 0 Å². The van der Waals surface area contributed by atoms with Crippen molar-refractivity contribution in [2.45, 2.75) is 46.5 Å². The molecule has 0 bridgehead atoms. The zero-order valence-corrected chi connectivity index (χ0v) is 12.4. The van der Waals surface area contributed by atoms with E-state index < -0.39 is 29.2 Å². The highest BCUT2D eigenvalue weighted by Crippen LogP contribution is 2.62. The van der Waals surface area contributed by atoms with Crippen molar-refractivity contribution in [2.24, 2.45) is 28.6 Å². The highest BCUT2D eigenvalue weighted by atomic mass is 16.4. The number of fused-ring (bicyclic) bond motifs is 1. The smallest absolute Gasteiger partial charge is 0.307 e. The predicted molar refractivity (Wildman–Crippen MR) is 75.2 cm³/mol. The number of rotatable bonds is 2. The van der Waals surface area contributed by atoms with Gasteiger partial charge in [-0.1, -0.05) is 32.9 Å². The average Bonchev–Trinajstić information content (AvgIpc) is 2.35. The molecule has 0 amide bonds. The minimum Gasteiger partial charge on any atom is -0.481 e. The summed E-state index contributed by atoms with van der Waals surface area (Å²) in [4.78, 5) is 23.4. The van der Waals surface area contributed by atoms with Gasteiger partial charge in [-0.05, 0) is 42.4 Å². The van der Waals surface area contributed by atoms with Gasteiger partial charge in [-0.25, -0.2) is 0 Å². The van der Waals surface area contributed by atoms with Crippen molar-refractivity contribution < 1.29 is 19.8 Å². The number of carboxylic acids is 2. The minimum absolute atomic E-state index is 0.174. The third-order valence-corrected chi connectivity index (χ3v) is 5.48. The Morgan fingerprint density at radius 3 is 2.30 bits per heavy atom. The van der Waals surface area contributed by atoms with E-state index in [0.717, 1.165) is 19.3 Å². The Kier molecular flexibility index (Phi) is 3.69. The van der Waals surface area contributed by atoms with E-state index in [9.17, 15) is 19.8 Å². The molecule has 2 N–H and O–H groups in total. The molecule has 0 aromatic rings. The minimum atomic E-state index is -0.964. The topological polar surface area (TPSA) is 74.6 Å². The maximum absolute atomic E-state index is 11.9. The Morgan fingerprint density at radius 1 is 1.15 bits per heavy atom. The van der Waals surface area contributed by atoms with E-state index in [4.69, 9.17) is 0 Å². The van der Waals surface area contributed by atoms with Crippen LogP contribution in [0.3, 0.4) is 0 Å². The van der Waals surface area contributed by atoms with Crippen molar-refractivity contribution in [3.8, 4) is 0 Å². The summed E-state index contributed by atoms with van der Waals surface area (Å²) in [7, 11) is 0. The van der Waals surface area contributed by atoms with Gasteiger partial charge in [0.05, 0.1) is 11.8 Å². The van der Waals surface area contributed by atoms with Crippen LogP contribution >= 0.6 is 0 Å². The molecule has 4 heteroatoms.